The van der Waals surface area contributed by atoms with Gasteiger partial charge < -0.3 is 5.11 Å². The first kappa shape index (κ1) is 12.6. The molecule has 1 unspecified atom stereocenters. The summed E-state index contributed by atoms with van der Waals surface area (Å²) in [5.74, 6) is 0. The SMILES string of the molecule is C=CC(O)c1c(C)nn(Cc2ccccc2)c1C. The van der Waals surface area contributed by atoms with Crippen molar-refractivity contribution >= 4 is 0 Å². The maximum absolute atomic E-state index is 9.90. The number of hydrogen-bond donors (Lipinski definition) is 1. The number of nitrogens with zero attached hydrogens (tertiary/aromatic N) is 2. The molecule has 0 fully saturated rings. The summed E-state index contributed by atoms with van der Waals surface area (Å²) >= 11 is 0. The Kier molecular flexibility index (Phi) is 3.63. The quantitative estimate of drug-likeness (QED) is 0.837. The molecular formula is C15H18N2O. The zero-order valence-corrected chi connectivity index (χ0v) is 10.8. The Hall–Kier alpha value is -1.87. The van der Waals surface area contributed by atoms with E-state index in [2.05, 4.69) is 23.8 Å². The summed E-state index contributed by atoms with van der Waals surface area (Å²) in [5, 5.41) is 14.4. The van der Waals surface area contributed by atoms with Crippen LogP contribution >= 0.6 is 0 Å². The van der Waals surface area contributed by atoms with E-state index in [0.717, 1.165) is 23.5 Å². The zero-order valence-electron chi connectivity index (χ0n) is 10.8. The van der Waals surface area contributed by atoms with Crippen molar-refractivity contribution in [3.8, 4) is 0 Å². The summed E-state index contributed by atoms with van der Waals surface area (Å²) in [6.07, 6.45) is 0.888. The van der Waals surface area contributed by atoms with Gasteiger partial charge in [-0.05, 0) is 19.4 Å². The standard InChI is InChI=1S/C15H18N2O/c1-4-14(18)15-11(2)16-17(12(15)3)10-13-8-6-5-7-9-13/h4-9,14,18H,1,10H2,2-3H3. The van der Waals surface area contributed by atoms with Crippen LogP contribution in [0.1, 0.15) is 28.6 Å². The Bertz CT molecular complexity index is 543. The fourth-order valence-electron chi connectivity index (χ4n) is 2.17. The summed E-state index contributed by atoms with van der Waals surface area (Å²) in [6.45, 7) is 8.24. The van der Waals surface area contributed by atoms with Gasteiger partial charge in [0.15, 0.2) is 0 Å². The molecule has 0 saturated heterocycles. The lowest BCUT2D eigenvalue weighted by molar-refractivity contribution is 0.227. The molecule has 0 radical (unpaired) electrons. The van der Waals surface area contributed by atoms with Crippen LogP contribution in [0.2, 0.25) is 0 Å². The molecular weight excluding hydrogens is 224 g/mol. The van der Waals surface area contributed by atoms with Crippen molar-refractivity contribution in [3.05, 3.63) is 65.5 Å². The molecule has 0 aliphatic rings. The molecule has 18 heavy (non-hydrogen) atoms. The largest absolute Gasteiger partial charge is 0.384 e. The molecule has 94 valence electrons. The van der Waals surface area contributed by atoms with E-state index < -0.39 is 6.10 Å². The van der Waals surface area contributed by atoms with E-state index in [1.54, 1.807) is 0 Å². The molecule has 3 heteroatoms. The number of aryl methyl sites for hydroxylation is 1. The molecule has 2 rings (SSSR count). The Morgan fingerprint density at radius 1 is 1.33 bits per heavy atom. The number of aromatic nitrogens is 2. The van der Waals surface area contributed by atoms with Gasteiger partial charge >= 0.3 is 0 Å². The van der Waals surface area contributed by atoms with Crippen molar-refractivity contribution in [2.24, 2.45) is 0 Å². The molecule has 3 nitrogen and oxygen atoms in total. The van der Waals surface area contributed by atoms with Crippen molar-refractivity contribution in [1.82, 2.24) is 9.78 Å². The van der Waals surface area contributed by atoms with Crippen LogP contribution in [-0.4, -0.2) is 14.9 Å². The summed E-state index contributed by atoms with van der Waals surface area (Å²) in [7, 11) is 0. The van der Waals surface area contributed by atoms with E-state index in [1.807, 2.05) is 36.7 Å². The predicted molar refractivity (Wildman–Crippen MR) is 72.4 cm³/mol. The van der Waals surface area contributed by atoms with Gasteiger partial charge in [0.2, 0.25) is 0 Å². The lowest BCUT2D eigenvalue weighted by Gasteiger charge is -2.07. The second-order valence-corrected chi connectivity index (χ2v) is 4.41. The molecule has 0 spiro atoms. The van der Waals surface area contributed by atoms with Gasteiger partial charge in [-0.3, -0.25) is 4.68 Å². The highest BCUT2D eigenvalue weighted by atomic mass is 16.3. The van der Waals surface area contributed by atoms with Gasteiger partial charge in [-0.2, -0.15) is 5.10 Å². The first-order valence-electron chi connectivity index (χ1n) is 6.02. The van der Waals surface area contributed by atoms with Crippen molar-refractivity contribution in [2.45, 2.75) is 26.5 Å². The van der Waals surface area contributed by atoms with Gasteiger partial charge in [0, 0.05) is 11.3 Å². The molecule has 2 aromatic rings. The van der Waals surface area contributed by atoms with Gasteiger partial charge in [0.05, 0.1) is 12.2 Å². The molecule has 0 bridgehead atoms. The maximum atomic E-state index is 9.90. The second-order valence-electron chi connectivity index (χ2n) is 4.41. The normalized spacial score (nSPS) is 12.4. The monoisotopic (exact) mass is 242 g/mol. The fourth-order valence-corrected chi connectivity index (χ4v) is 2.17. The van der Waals surface area contributed by atoms with Crippen LogP contribution in [-0.2, 0) is 6.54 Å². The zero-order chi connectivity index (χ0) is 13.1. The molecule has 0 aliphatic heterocycles. The molecule has 1 N–H and O–H groups in total. The number of benzene rings is 1. The lowest BCUT2D eigenvalue weighted by atomic mass is 10.1. The lowest BCUT2D eigenvalue weighted by Crippen LogP contribution is -2.04. The Morgan fingerprint density at radius 2 is 2.00 bits per heavy atom. The van der Waals surface area contributed by atoms with Crippen LogP contribution in [0, 0.1) is 13.8 Å². The number of rotatable bonds is 4. The van der Waals surface area contributed by atoms with Crippen molar-refractivity contribution in [2.75, 3.05) is 0 Å². The van der Waals surface area contributed by atoms with Gasteiger partial charge in [0.25, 0.3) is 0 Å². The van der Waals surface area contributed by atoms with Crippen LogP contribution in [0.3, 0.4) is 0 Å². The maximum Gasteiger partial charge on any atom is 0.100 e. The molecule has 1 atom stereocenters. The predicted octanol–water partition coefficient (Wildman–Crippen LogP) is 2.77. The third kappa shape index (κ3) is 2.36. The minimum absolute atomic E-state index is 0.644. The molecule has 1 heterocycles. The third-order valence-electron chi connectivity index (χ3n) is 3.13. The van der Waals surface area contributed by atoms with E-state index in [1.165, 1.54) is 11.6 Å². The van der Waals surface area contributed by atoms with Crippen molar-refractivity contribution < 1.29 is 5.11 Å². The average molecular weight is 242 g/mol. The Balaban J connectivity index is 2.33. The van der Waals surface area contributed by atoms with Crippen LogP contribution in [0.4, 0.5) is 0 Å². The van der Waals surface area contributed by atoms with Crippen molar-refractivity contribution in [3.63, 3.8) is 0 Å². The van der Waals surface area contributed by atoms with Gasteiger partial charge in [-0.1, -0.05) is 36.4 Å². The smallest absolute Gasteiger partial charge is 0.100 e. The molecule has 0 saturated carbocycles. The van der Waals surface area contributed by atoms with E-state index in [4.69, 9.17) is 0 Å². The van der Waals surface area contributed by atoms with Gasteiger partial charge in [-0.25, -0.2) is 0 Å². The highest BCUT2D eigenvalue weighted by Crippen LogP contribution is 2.22. The van der Waals surface area contributed by atoms with Gasteiger partial charge in [0.1, 0.15) is 6.10 Å². The van der Waals surface area contributed by atoms with E-state index in [-0.39, 0.29) is 0 Å². The first-order chi connectivity index (χ1) is 8.63. The molecule has 0 aliphatic carbocycles. The van der Waals surface area contributed by atoms with E-state index in [0.29, 0.717) is 0 Å². The van der Waals surface area contributed by atoms with Crippen LogP contribution in [0.25, 0.3) is 0 Å². The highest BCUT2D eigenvalue weighted by Gasteiger charge is 2.16. The van der Waals surface area contributed by atoms with E-state index >= 15 is 0 Å². The first-order valence-corrected chi connectivity index (χ1v) is 6.02. The number of aliphatic hydroxyl groups is 1. The number of aliphatic hydroxyl groups excluding tert-OH is 1. The molecule has 1 aromatic carbocycles. The van der Waals surface area contributed by atoms with Crippen LogP contribution in [0.15, 0.2) is 43.0 Å². The molecule has 1 aromatic heterocycles. The molecule has 0 amide bonds. The van der Waals surface area contributed by atoms with Crippen LogP contribution in [0.5, 0.6) is 0 Å². The van der Waals surface area contributed by atoms with Crippen LogP contribution < -0.4 is 0 Å². The third-order valence-corrected chi connectivity index (χ3v) is 3.13. The summed E-state index contributed by atoms with van der Waals surface area (Å²) < 4.78 is 1.92. The Labute approximate surface area is 107 Å². The average Bonchev–Trinajstić information content (AvgIpc) is 2.65. The minimum Gasteiger partial charge on any atom is -0.384 e. The second kappa shape index (κ2) is 5.19. The van der Waals surface area contributed by atoms with Crippen molar-refractivity contribution in [1.29, 1.82) is 0 Å². The number of hydrogen-bond acceptors (Lipinski definition) is 2. The summed E-state index contributed by atoms with van der Waals surface area (Å²) in [6, 6.07) is 10.2. The minimum atomic E-state index is -0.644. The summed E-state index contributed by atoms with van der Waals surface area (Å²) in [4.78, 5) is 0. The topological polar surface area (TPSA) is 38.1 Å². The summed E-state index contributed by atoms with van der Waals surface area (Å²) in [5.41, 5.74) is 3.91. The van der Waals surface area contributed by atoms with E-state index in [9.17, 15) is 5.11 Å². The highest BCUT2D eigenvalue weighted by molar-refractivity contribution is 5.30. The van der Waals surface area contributed by atoms with Gasteiger partial charge in [-0.15, -0.1) is 6.58 Å². The fraction of sp³-hybridized carbons (Fsp3) is 0.267. The Morgan fingerprint density at radius 3 is 2.61 bits per heavy atom.